The van der Waals surface area contributed by atoms with Crippen LogP contribution in [-0.2, 0) is 4.79 Å². The van der Waals surface area contributed by atoms with Gasteiger partial charge in [-0.1, -0.05) is 43.7 Å². The fraction of sp³-hybridized carbons (Fsp3) is 0.333. The highest BCUT2D eigenvalue weighted by molar-refractivity contribution is 6.30. The molecular weight excluding hydrogens is 262 g/mol. The number of carboxylic acids is 1. The Labute approximate surface area is 117 Å². The van der Waals surface area contributed by atoms with Crippen LogP contribution in [0.1, 0.15) is 19.4 Å². The van der Waals surface area contributed by atoms with E-state index in [4.69, 9.17) is 16.7 Å². The van der Waals surface area contributed by atoms with Crippen molar-refractivity contribution in [2.24, 2.45) is 17.3 Å². The summed E-state index contributed by atoms with van der Waals surface area (Å²) in [4.78, 5) is 11.1. The molecule has 2 atom stereocenters. The molecule has 0 spiro atoms. The van der Waals surface area contributed by atoms with Crippen LogP contribution in [0.3, 0.4) is 0 Å². The number of hydrogen-bond donors (Lipinski definition) is 1. The predicted molar refractivity (Wildman–Crippen MR) is 73.4 cm³/mol. The molecule has 1 N–H and O–H groups in total. The van der Waals surface area contributed by atoms with Gasteiger partial charge in [0.25, 0.3) is 0 Å². The molecule has 0 aliphatic heterocycles. The maximum atomic E-state index is 11.1. The molecule has 19 heavy (non-hydrogen) atoms. The lowest BCUT2D eigenvalue weighted by atomic mass is 10.0. The summed E-state index contributed by atoms with van der Waals surface area (Å²) in [6, 6.07) is 9.10. The number of benzene rings is 1. The number of aliphatic carboxylic acids is 1. The van der Waals surface area contributed by atoms with Crippen LogP contribution < -0.4 is 0 Å². The van der Waals surface area contributed by atoms with Crippen LogP contribution in [0, 0.1) is 28.6 Å². The average Bonchev–Trinajstić information content (AvgIpc) is 2.89. The molecule has 1 saturated carbocycles. The van der Waals surface area contributed by atoms with E-state index in [2.05, 4.69) is 6.07 Å². The van der Waals surface area contributed by atoms with Crippen molar-refractivity contribution < 1.29 is 9.90 Å². The quantitative estimate of drug-likeness (QED) is 0.857. The minimum absolute atomic E-state index is 0.102. The average molecular weight is 276 g/mol. The fourth-order valence-electron chi connectivity index (χ4n) is 2.47. The van der Waals surface area contributed by atoms with E-state index >= 15 is 0 Å². The Balaban J connectivity index is 2.29. The minimum Gasteiger partial charge on any atom is -0.481 e. The number of nitrogens with zero attached hydrogens (tertiary/aromatic N) is 1. The van der Waals surface area contributed by atoms with Crippen LogP contribution in [-0.4, -0.2) is 11.1 Å². The number of allylic oxidation sites excluding steroid dienone is 2. The first-order valence-corrected chi connectivity index (χ1v) is 6.36. The van der Waals surface area contributed by atoms with Gasteiger partial charge in [0.2, 0.25) is 0 Å². The monoisotopic (exact) mass is 275 g/mol. The van der Waals surface area contributed by atoms with Gasteiger partial charge in [-0.2, -0.15) is 5.26 Å². The van der Waals surface area contributed by atoms with E-state index in [1.54, 1.807) is 30.3 Å². The van der Waals surface area contributed by atoms with Crippen molar-refractivity contribution in [3.05, 3.63) is 40.9 Å². The molecule has 0 bridgehead atoms. The van der Waals surface area contributed by atoms with E-state index in [0.717, 1.165) is 5.56 Å². The Morgan fingerprint density at radius 1 is 1.42 bits per heavy atom. The lowest BCUT2D eigenvalue weighted by Gasteiger charge is -2.01. The molecule has 1 aromatic carbocycles. The van der Waals surface area contributed by atoms with Gasteiger partial charge in [-0.15, -0.1) is 0 Å². The molecule has 1 aliphatic rings. The van der Waals surface area contributed by atoms with Crippen LogP contribution in [0.4, 0.5) is 0 Å². The van der Waals surface area contributed by atoms with E-state index in [1.807, 2.05) is 13.8 Å². The van der Waals surface area contributed by atoms with Gasteiger partial charge in [0.15, 0.2) is 0 Å². The van der Waals surface area contributed by atoms with Gasteiger partial charge in [-0.05, 0) is 29.0 Å². The van der Waals surface area contributed by atoms with Crippen molar-refractivity contribution >= 4 is 23.1 Å². The first kappa shape index (κ1) is 13.6. The normalized spacial score (nSPS) is 24.6. The summed E-state index contributed by atoms with van der Waals surface area (Å²) in [5.41, 5.74) is 0.970. The Hall–Kier alpha value is -1.79. The van der Waals surface area contributed by atoms with Crippen LogP contribution in [0.25, 0.3) is 5.57 Å². The maximum absolute atomic E-state index is 11.1. The first-order chi connectivity index (χ1) is 8.87. The Bertz CT molecular complexity index is 581. The van der Waals surface area contributed by atoms with Crippen molar-refractivity contribution in [2.75, 3.05) is 0 Å². The number of hydrogen-bond acceptors (Lipinski definition) is 2. The molecule has 0 aromatic heterocycles. The van der Waals surface area contributed by atoms with Crippen LogP contribution in [0.2, 0.25) is 5.02 Å². The number of carbonyl (C=O) groups is 1. The second kappa shape index (κ2) is 4.71. The number of rotatable bonds is 3. The zero-order chi connectivity index (χ0) is 14.2. The van der Waals surface area contributed by atoms with Gasteiger partial charge in [-0.3, -0.25) is 4.79 Å². The molecule has 3 nitrogen and oxygen atoms in total. The molecule has 1 aliphatic carbocycles. The number of nitriles is 1. The Morgan fingerprint density at radius 3 is 2.42 bits per heavy atom. The topological polar surface area (TPSA) is 61.1 Å². The van der Waals surface area contributed by atoms with Gasteiger partial charge in [-0.25, -0.2) is 0 Å². The molecule has 1 fully saturated rings. The van der Waals surface area contributed by atoms with Crippen molar-refractivity contribution in [2.45, 2.75) is 13.8 Å². The van der Waals surface area contributed by atoms with Crippen molar-refractivity contribution in [3.63, 3.8) is 0 Å². The number of carboxylic acid groups (broad SMARTS) is 1. The number of halogens is 1. The lowest BCUT2D eigenvalue weighted by Crippen LogP contribution is -2.03. The molecule has 0 amide bonds. The van der Waals surface area contributed by atoms with Gasteiger partial charge < -0.3 is 5.11 Å². The fourth-order valence-corrected chi connectivity index (χ4v) is 2.59. The Morgan fingerprint density at radius 2 is 2.00 bits per heavy atom. The molecule has 1 aromatic rings. The van der Waals surface area contributed by atoms with E-state index in [-0.39, 0.29) is 11.3 Å². The van der Waals surface area contributed by atoms with Crippen molar-refractivity contribution in [1.82, 2.24) is 0 Å². The molecule has 0 radical (unpaired) electrons. The zero-order valence-electron chi connectivity index (χ0n) is 10.7. The second-order valence-corrected chi connectivity index (χ2v) is 5.80. The van der Waals surface area contributed by atoms with Gasteiger partial charge in [0.05, 0.1) is 17.6 Å². The molecule has 0 heterocycles. The summed E-state index contributed by atoms with van der Waals surface area (Å²) in [6.45, 7) is 3.81. The largest absolute Gasteiger partial charge is 0.481 e. The standard InChI is InChI=1S/C15H14ClNO2/c1-15(2)12(13(15)14(18)19)7-10(8-17)9-3-5-11(16)6-4-9/h3-7,12-13H,1-2H3,(H,18,19)/b10-7+. The summed E-state index contributed by atoms with van der Waals surface area (Å²) < 4.78 is 0. The maximum Gasteiger partial charge on any atom is 0.307 e. The zero-order valence-corrected chi connectivity index (χ0v) is 11.5. The second-order valence-electron chi connectivity index (χ2n) is 5.36. The molecule has 2 rings (SSSR count). The summed E-state index contributed by atoms with van der Waals surface area (Å²) in [5, 5.41) is 19.0. The highest BCUT2D eigenvalue weighted by atomic mass is 35.5. The summed E-state index contributed by atoms with van der Waals surface area (Å²) in [7, 11) is 0. The van der Waals surface area contributed by atoms with Crippen LogP contribution in [0.5, 0.6) is 0 Å². The van der Waals surface area contributed by atoms with Crippen LogP contribution >= 0.6 is 11.6 Å². The molecular formula is C15H14ClNO2. The summed E-state index contributed by atoms with van der Waals surface area (Å²) in [5.74, 6) is -1.32. The molecule has 4 heteroatoms. The Kier molecular flexibility index (Phi) is 3.38. The third kappa shape index (κ3) is 2.50. The SMILES string of the molecule is CC1(C)C(/C=C(\C#N)c2ccc(Cl)cc2)C1C(=O)O. The highest BCUT2D eigenvalue weighted by Crippen LogP contribution is 2.59. The van der Waals surface area contributed by atoms with E-state index in [1.165, 1.54) is 0 Å². The summed E-state index contributed by atoms with van der Waals surface area (Å²) in [6.07, 6.45) is 1.77. The van der Waals surface area contributed by atoms with Crippen LogP contribution in [0.15, 0.2) is 30.3 Å². The van der Waals surface area contributed by atoms with Gasteiger partial charge in [0, 0.05) is 5.02 Å². The smallest absolute Gasteiger partial charge is 0.307 e. The molecule has 2 unspecified atom stereocenters. The molecule has 0 saturated heterocycles. The van der Waals surface area contributed by atoms with E-state index in [0.29, 0.717) is 10.6 Å². The minimum atomic E-state index is -0.806. The highest BCUT2D eigenvalue weighted by Gasteiger charge is 2.61. The summed E-state index contributed by atoms with van der Waals surface area (Å²) >= 11 is 5.81. The molecule has 98 valence electrons. The lowest BCUT2D eigenvalue weighted by molar-refractivity contribution is -0.139. The van der Waals surface area contributed by atoms with Crippen molar-refractivity contribution in [1.29, 1.82) is 5.26 Å². The first-order valence-electron chi connectivity index (χ1n) is 5.98. The van der Waals surface area contributed by atoms with E-state index < -0.39 is 11.9 Å². The predicted octanol–water partition coefficient (Wildman–Crippen LogP) is 3.60. The third-order valence-corrected chi connectivity index (χ3v) is 4.05. The van der Waals surface area contributed by atoms with Gasteiger partial charge in [0.1, 0.15) is 0 Å². The van der Waals surface area contributed by atoms with Crippen molar-refractivity contribution in [3.8, 4) is 6.07 Å². The third-order valence-electron chi connectivity index (χ3n) is 3.80. The van der Waals surface area contributed by atoms with E-state index in [9.17, 15) is 10.1 Å². The van der Waals surface area contributed by atoms with Gasteiger partial charge >= 0.3 is 5.97 Å².